The maximum Gasteiger partial charge on any atom is 0.298 e. The number of hydrogen-bond donors (Lipinski definition) is 0. The number of benzene rings is 3. The summed E-state index contributed by atoms with van der Waals surface area (Å²) in [5.74, 6) is -0.654. The van der Waals surface area contributed by atoms with Gasteiger partial charge in [0.25, 0.3) is 11.1 Å². The van der Waals surface area contributed by atoms with E-state index in [9.17, 15) is 14.0 Å². The van der Waals surface area contributed by atoms with Crippen molar-refractivity contribution in [3.8, 4) is 0 Å². The number of anilines is 1. The summed E-state index contributed by atoms with van der Waals surface area (Å²) in [6, 6.07) is 18.9. The van der Waals surface area contributed by atoms with Gasteiger partial charge in [-0.15, -0.1) is 0 Å². The number of thioether (sulfide) groups is 1. The van der Waals surface area contributed by atoms with E-state index in [0.29, 0.717) is 22.2 Å². The molecule has 2 amide bonds. The van der Waals surface area contributed by atoms with E-state index in [-0.39, 0.29) is 17.0 Å². The Bertz CT molecular complexity index is 1430. The molecule has 0 spiro atoms. The van der Waals surface area contributed by atoms with Crippen LogP contribution >= 0.6 is 39.3 Å². The van der Waals surface area contributed by atoms with Crippen LogP contribution in [0, 0.1) is 5.82 Å². The topological polar surface area (TPSA) is 42.3 Å². The summed E-state index contributed by atoms with van der Waals surface area (Å²) in [5, 5.41) is 1.11. The number of amides is 2. The van der Waals surface area contributed by atoms with Gasteiger partial charge in [-0.1, -0.05) is 39.7 Å². The molecule has 8 heteroatoms. The Morgan fingerprint density at radius 2 is 1.73 bits per heavy atom. The van der Waals surface area contributed by atoms with Crippen LogP contribution in [0.1, 0.15) is 11.1 Å². The predicted molar refractivity (Wildman–Crippen MR) is 135 cm³/mol. The molecular formula is C25H15BrClFN2O2S. The number of halogens is 3. The number of nitrogens with zero attached hydrogens (tertiary/aromatic N) is 2. The molecule has 4 aromatic rings. The maximum atomic E-state index is 13.3. The number of aromatic nitrogens is 1. The van der Waals surface area contributed by atoms with Gasteiger partial charge in [0.1, 0.15) is 5.82 Å². The molecule has 0 unspecified atom stereocenters. The molecule has 0 aliphatic carbocycles. The molecule has 0 radical (unpaired) electrons. The highest BCUT2D eigenvalue weighted by Gasteiger charge is 2.36. The number of fused-ring (bicyclic) bond motifs is 1. The molecule has 33 heavy (non-hydrogen) atoms. The third-order valence-corrected chi connectivity index (χ3v) is 6.92. The highest BCUT2D eigenvalue weighted by Crippen LogP contribution is 2.37. The van der Waals surface area contributed by atoms with Crippen LogP contribution in [0.15, 0.2) is 82.3 Å². The van der Waals surface area contributed by atoms with Crippen molar-refractivity contribution in [2.75, 3.05) is 4.90 Å². The van der Waals surface area contributed by atoms with Crippen LogP contribution < -0.4 is 4.90 Å². The fourth-order valence-corrected chi connectivity index (χ4v) is 5.07. The third-order valence-electron chi connectivity index (χ3n) is 5.31. The van der Waals surface area contributed by atoms with Crippen LogP contribution in [0.5, 0.6) is 0 Å². The molecule has 1 fully saturated rings. The zero-order valence-electron chi connectivity index (χ0n) is 17.0. The maximum absolute atomic E-state index is 13.3. The lowest BCUT2D eigenvalue weighted by Crippen LogP contribution is -2.27. The minimum absolute atomic E-state index is 0.280. The molecular weight excluding hydrogens is 527 g/mol. The Kier molecular flexibility index (Phi) is 5.86. The molecule has 1 aliphatic heterocycles. The van der Waals surface area contributed by atoms with E-state index in [4.69, 9.17) is 11.6 Å². The van der Waals surface area contributed by atoms with Gasteiger partial charge in [0.2, 0.25) is 0 Å². The van der Waals surface area contributed by atoms with Gasteiger partial charge in [-0.25, -0.2) is 9.29 Å². The second-order valence-corrected chi connectivity index (χ2v) is 9.84. The van der Waals surface area contributed by atoms with Gasteiger partial charge in [-0.05, 0) is 78.0 Å². The Hall–Kier alpha value is -2.87. The van der Waals surface area contributed by atoms with E-state index in [1.807, 2.05) is 29.0 Å². The quantitative estimate of drug-likeness (QED) is 0.251. The Labute approximate surface area is 206 Å². The van der Waals surface area contributed by atoms with E-state index >= 15 is 0 Å². The fraction of sp³-hybridized carbons (Fsp3) is 0.0400. The molecule has 0 saturated carbocycles. The van der Waals surface area contributed by atoms with Crippen molar-refractivity contribution < 1.29 is 14.0 Å². The summed E-state index contributed by atoms with van der Waals surface area (Å²) in [7, 11) is 0. The number of imide groups is 1. The normalized spacial score (nSPS) is 15.2. The molecule has 1 aliphatic rings. The van der Waals surface area contributed by atoms with E-state index in [1.54, 1.807) is 42.5 Å². The fourth-order valence-electron chi connectivity index (χ4n) is 3.75. The molecule has 0 atom stereocenters. The number of hydrogen-bond acceptors (Lipinski definition) is 3. The molecule has 0 bridgehead atoms. The van der Waals surface area contributed by atoms with Crippen LogP contribution in [0.3, 0.4) is 0 Å². The summed E-state index contributed by atoms with van der Waals surface area (Å²) in [4.78, 5) is 27.2. The average Bonchev–Trinajstić information content (AvgIpc) is 3.26. The lowest BCUT2D eigenvalue weighted by atomic mass is 10.1. The summed E-state index contributed by atoms with van der Waals surface area (Å²) >= 11 is 10.4. The summed E-state index contributed by atoms with van der Waals surface area (Å²) < 4.78 is 16.3. The van der Waals surface area contributed by atoms with Crippen LogP contribution in [-0.4, -0.2) is 15.7 Å². The first-order valence-corrected chi connectivity index (χ1v) is 11.9. The second kappa shape index (κ2) is 8.82. The molecule has 2 heterocycles. The molecule has 164 valence electrons. The lowest BCUT2D eigenvalue weighted by molar-refractivity contribution is -0.113. The summed E-state index contributed by atoms with van der Waals surface area (Å²) in [6.45, 7) is 0.540. The minimum Gasteiger partial charge on any atom is -0.342 e. The first-order chi connectivity index (χ1) is 15.9. The molecule has 3 aromatic carbocycles. The largest absolute Gasteiger partial charge is 0.342 e. The van der Waals surface area contributed by atoms with Crippen LogP contribution in [0.25, 0.3) is 17.0 Å². The predicted octanol–water partition coefficient (Wildman–Crippen LogP) is 7.49. The number of carbonyl (C=O) groups excluding carboxylic acids is 2. The van der Waals surface area contributed by atoms with Crippen LogP contribution in [0.2, 0.25) is 5.02 Å². The van der Waals surface area contributed by atoms with Gasteiger partial charge in [0.05, 0.1) is 10.6 Å². The SMILES string of the molecule is O=C1S/C(=C\c2cn(Cc3ccc(F)cc3)c3ccc(Br)cc23)C(=O)N1c1ccc(Cl)cc1. The van der Waals surface area contributed by atoms with Gasteiger partial charge in [-0.3, -0.25) is 9.59 Å². The highest BCUT2D eigenvalue weighted by atomic mass is 79.9. The summed E-state index contributed by atoms with van der Waals surface area (Å²) in [6.07, 6.45) is 3.69. The zero-order valence-corrected chi connectivity index (χ0v) is 20.1. The number of carbonyl (C=O) groups is 2. The van der Waals surface area contributed by atoms with Gasteiger partial charge in [-0.2, -0.15) is 0 Å². The lowest BCUT2D eigenvalue weighted by Gasteiger charge is -2.12. The standard InChI is InChI=1S/C25H15BrClFN2O2S/c26-17-3-10-22-21(12-17)16(14-29(22)13-15-1-6-19(28)7-2-15)11-23-24(31)30(25(32)33-23)20-8-4-18(27)5-9-20/h1-12,14H,13H2/b23-11-. The van der Waals surface area contributed by atoms with Crippen molar-refractivity contribution >= 4 is 73.1 Å². The van der Waals surface area contributed by atoms with E-state index < -0.39 is 0 Å². The first-order valence-electron chi connectivity index (χ1n) is 9.95. The Morgan fingerprint density at radius 1 is 1.00 bits per heavy atom. The average molecular weight is 542 g/mol. The van der Waals surface area contributed by atoms with Crippen molar-refractivity contribution in [3.05, 3.63) is 104 Å². The number of rotatable bonds is 4. The third kappa shape index (κ3) is 4.36. The van der Waals surface area contributed by atoms with Crippen molar-refractivity contribution in [2.45, 2.75) is 6.54 Å². The van der Waals surface area contributed by atoms with E-state index in [1.165, 1.54) is 12.1 Å². The monoisotopic (exact) mass is 540 g/mol. The molecule has 5 rings (SSSR count). The van der Waals surface area contributed by atoms with Crippen LogP contribution in [-0.2, 0) is 11.3 Å². The van der Waals surface area contributed by atoms with E-state index in [0.717, 1.165) is 43.2 Å². The highest BCUT2D eigenvalue weighted by molar-refractivity contribution is 9.10. The molecule has 1 saturated heterocycles. The van der Waals surface area contributed by atoms with Gasteiger partial charge in [0.15, 0.2) is 0 Å². The van der Waals surface area contributed by atoms with Crippen molar-refractivity contribution in [3.63, 3.8) is 0 Å². The summed E-state index contributed by atoms with van der Waals surface area (Å²) in [5.41, 5.74) is 3.21. The Balaban J connectivity index is 1.53. The van der Waals surface area contributed by atoms with Crippen LogP contribution in [0.4, 0.5) is 14.9 Å². The van der Waals surface area contributed by atoms with Crippen molar-refractivity contribution in [1.82, 2.24) is 4.57 Å². The smallest absolute Gasteiger partial charge is 0.298 e. The van der Waals surface area contributed by atoms with Gasteiger partial charge < -0.3 is 4.57 Å². The van der Waals surface area contributed by atoms with Gasteiger partial charge in [0, 0.05) is 38.7 Å². The first kappa shape index (κ1) is 21.9. The van der Waals surface area contributed by atoms with Crippen molar-refractivity contribution in [2.24, 2.45) is 0 Å². The zero-order chi connectivity index (χ0) is 23.1. The molecule has 1 aromatic heterocycles. The van der Waals surface area contributed by atoms with E-state index in [2.05, 4.69) is 15.9 Å². The second-order valence-electron chi connectivity index (χ2n) is 7.49. The molecule has 4 nitrogen and oxygen atoms in total. The minimum atomic E-state index is -0.373. The molecule has 0 N–H and O–H groups in total. The Morgan fingerprint density at radius 3 is 2.45 bits per heavy atom. The van der Waals surface area contributed by atoms with Gasteiger partial charge >= 0.3 is 0 Å². The van der Waals surface area contributed by atoms with Crippen molar-refractivity contribution in [1.29, 1.82) is 0 Å².